The van der Waals surface area contributed by atoms with Crippen molar-refractivity contribution in [2.45, 2.75) is 0 Å². The average Bonchev–Trinajstić information content (AvgIpc) is 2.75. The third-order valence-electron chi connectivity index (χ3n) is 3.90. The van der Waals surface area contributed by atoms with Crippen LogP contribution in [0.3, 0.4) is 0 Å². The number of nitrogens with zero attached hydrogens (tertiary/aromatic N) is 1. The van der Waals surface area contributed by atoms with Crippen molar-refractivity contribution in [2.75, 3.05) is 12.4 Å². The van der Waals surface area contributed by atoms with E-state index in [9.17, 15) is 14.9 Å². The van der Waals surface area contributed by atoms with E-state index in [1.807, 2.05) is 0 Å². The van der Waals surface area contributed by atoms with E-state index in [1.165, 1.54) is 24.3 Å². The Labute approximate surface area is 177 Å². The predicted molar refractivity (Wildman–Crippen MR) is 114 cm³/mol. The quantitative estimate of drug-likeness (QED) is 0.202. The number of carbonyl (C=O) groups is 1. The Morgan fingerprint density at radius 1 is 0.867 bits per heavy atom. The molecule has 0 radical (unpaired) electrons. The first kappa shape index (κ1) is 20.7. The minimum atomic E-state index is -0.498. The molecule has 0 saturated carbocycles. The van der Waals surface area contributed by atoms with Gasteiger partial charge in [0.05, 0.1) is 17.6 Å². The van der Waals surface area contributed by atoms with Crippen LogP contribution in [0.1, 0.15) is 10.4 Å². The van der Waals surface area contributed by atoms with Crippen molar-refractivity contribution >= 4 is 34.7 Å². The number of rotatable bonds is 6. The van der Waals surface area contributed by atoms with Crippen molar-refractivity contribution < 1.29 is 23.9 Å². The van der Waals surface area contributed by atoms with Gasteiger partial charge in [0.15, 0.2) is 0 Å². The number of esters is 1. The van der Waals surface area contributed by atoms with Crippen LogP contribution in [0.2, 0.25) is 0 Å². The Kier molecular flexibility index (Phi) is 6.56. The van der Waals surface area contributed by atoms with Crippen LogP contribution >= 0.6 is 12.2 Å². The first-order valence-corrected chi connectivity index (χ1v) is 9.05. The van der Waals surface area contributed by atoms with Gasteiger partial charge >= 0.3 is 5.97 Å². The second-order valence-electron chi connectivity index (χ2n) is 5.91. The molecule has 0 aliphatic rings. The van der Waals surface area contributed by atoms with Crippen LogP contribution in [0, 0.1) is 10.1 Å². The number of non-ortho nitro benzene ring substituents is 1. The Hall–Kier alpha value is -3.98. The standard InChI is InChI=1S/C21H16N2O6S/c1-27-17-8-2-14(3-9-17)20(24)28-18-10-12-19(13-11-18)29-21(30)22-15-4-6-16(7-5-15)23(25)26/h2-13H,1H3,(H,22,30). The van der Waals surface area contributed by atoms with E-state index in [-0.39, 0.29) is 10.9 Å². The van der Waals surface area contributed by atoms with Gasteiger partial charge in [-0.2, -0.15) is 0 Å². The summed E-state index contributed by atoms with van der Waals surface area (Å²) in [6.07, 6.45) is 0. The van der Waals surface area contributed by atoms with Crippen molar-refractivity contribution in [3.05, 3.63) is 88.5 Å². The average molecular weight is 424 g/mol. The van der Waals surface area contributed by atoms with Gasteiger partial charge in [-0.05, 0) is 72.9 Å². The van der Waals surface area contributed by atoms with E-state index in [0.717, 1.165) is 0 Å². The summed E-state index contributed by atoms with van der Waals surface area (Å²) in [5, 5.41) is 13.6. The lowest BCUT2D eigenvalue weighted by Gasteiger charge is -2.10. The summed E-state index contributed by atoms with van der Waals surface area (Å²) in [5.41, 5.74) is 0.924. The number of hydrogen-bond acceptors (Lipinski definition) is 7. The number of hydrogen-bond donors (Lipinski definition) is 1. The molecule has 3 rings (SSSR count). The van der Waals surface area contributed by atoms with Gasteiger partial charge in [0.25, 0.3) is 10.9 Å². The molecule has 0 spiro atoms. The molecular weight excluding hydrogens is 408 g/mol. The second kappa shape index (κ2) is 9.48. The maximum Gasteiger partial charge on any atom is 0.343 e. The molecule has 0 unspecified atom stereocenters. The minimum absolute atomic E-state index is 0.0211. The zero-order chi connectivity index (χ0) is 21.5. The molecule has 0 aliphatic heterocycles. The van der Waals surface area contributed by atoms with Gasteiger partial charge in [-0.3, -0.25) is 10.1 Å². The van der Waals surface area contributed by atoms with Crippen molar-refractivity contribution in [2.24, 2.45) is 0 Å². The SMILES string of the molecule is COc1ccc(C(=O)Oc2ccc(OC(=S)Nc3ccc([N+](=O)[O-])cc3)cc2)cc1. The largest absolute Gasteiger partial charge is 0.497 e. The Morgan fingerprint density at radius 2 is 1.40 bits per heavy atom. The number of ether oxygens (including phenoxy) is 3. The fourth-order valence-electron chi connectivity index (χ4n) is 2.39. The highest BCUT2D eigenvalue weighted by Crippen LogP contribution is 2.21. The molecule has 0 heterocycles. The molecule has 0 aliphatic carbocycles. The molecule has 152 valence electrons. The highest BCUT2D eigenvalue weighted by atomic mass is 32.1. The van der Waals surface area contributed by atoms with Gasteiger partial charge in [-0.15, -0.1) is 0 Å². The monoisotopic (exact) mass is 424 g/mol. The van der Waals surface area contributed by atoms with E-state index in [4.69, 9.17) is 26.4 Å². The molecule has 30 heavy (non-hydrogen) atoms. The molecule has 9 heteroatoms. The van der Waals surface area contributed by atoms with Gasteiger partial charge < -0.3 is 19.5 Å². The molecule has 8 nitrogen and oxygen atoms in total. The molecule has 0 atom stereocenters. The van der Waals surface area contributed by atoms with Crippen molar-refractivity contribution in [1.29, 1.82) is 0 Å². The fraction of sp³-hybridized carbons (Fsp3) is 0.0476. The maximum absolute atomic E-state index is 12.2. The van der Waals surface area contributed by atoms with Gasteiger partial charge in [-0.1, -0.05) is 0 Å². The molecule has 0 amide bonds. The summed E-state index contributed by atoms with van der Waals surface area (Å²) in [7, 11) is 1.55. The summed E-state index contributed by atoms with van der Waals surface area (Å²) in [6, 6.07) is 18.7. The predicted octanol–water partition coefficient (Wildman–Crippen LogP) is 4.60. The zero-order valence-corrected chi connectivity index (χ0v) is 16.5. The van der Waals surface area contributed by atoms with E-state index in [0.29, 0.717) is 28.5 Å². The minimum Gasteiger partial charge on any atom is -0.497 e. The second-order valence-corrected chi connectivity index (χ2v) is 6.28. The van der Waals surface area contributed by atoms with Crippen molar-refractivity contribution in [3.63, 3.8) is 0 Å². The normalized spacial score (nSPS) is 10.0. The summed E-state index contributed by atoms with van der Waals surface area (Å²) in [4.78, 5) is 22.4. The Balaban J connectivity index is 1.55. The number of nitrogens with one attached hydrogen (secondary N) is 1. The highest BCUT2D eigenvalue weighted by Gasteiger charge is 2.10. The lowest BCUT2D eigenvalue weighted by Crippen LogP contribution is -2.16. The van der Waals surface area contributed by atoms with Crippen molar-refractivity contribution in [1.82, 2.24) is 0 Å². The smallest absolute Gasteiger partial charge is 0.343 e. The first-order chi connectivity index (χ1) is 14.4. The Bertz CT molecular complexity index is 1050. The van der Waals surface area contributed by atoms with Crippen LogP contribution in [-0.2, 0) is 0 Å². The molecule has 0 saturated heterocycles. The molecule has 0 fully saturated rings. The zero-order valence-electron chi connectivity index (χ0n) is 15.7. The van der Waals surface area contributed by atoms with E-state index < -0.39 is 10.9 Å². The number of nitro benzene ring substituents is 1. The van der Waals surface area contributed by atoms with Gasteiger partial charge in [0.2, 0.25) is 0 Å². The number of carbonyl (C=O) groups excluding carboxylic acids is 1. The van der Waals surface area contributed by atoms with Crippen LogP contribution in [0.25, 0.3) is 0 Å². The number of methoxy groups -OCH3 is 1. The third-order valence-corrected chi connectivity index (χ3v) is 4.08. The summed E-state index contributed by atoms with van der Waals surface area (Å²) in [5.74, 6) is 0.920. The van der Waals surface area contributed by atoms with Crippen LogP contribution in [0.5, 0.6) is 17.2 Å². The van der Waals surface area contributed by atoms with Crippen LogP contribution in [-0.4, -0.2) is 23.2 Å². The highest BCUT2D eigenvalue weighted by molar-refractivity contribution is 7.80. The Morgan fingerprint density at radius 3 is 1.93 bits per heavy atom. The van der Waals surface area contributed by atoms with Crippen molar-refractivity contribution in [3.8, 4) is 17.2 Å². The van der Waals surface area contributed by atoms with E-state index in [2.05, 4.69) is 5.32 Å². The third kappa shape index (κ3) is 5.52. The molecule has 0 aromatic heterocycles. The summed E-state index contributed by atoms with van der Waals surface area (Å²) < 4.78 is 15.9. The number of nitro groups is 1. The number of thiocarbonyl (C=S) groups is 1. The fourth-order valence-corrected chi connectivity index (χ4v) is 2.60. The van der Waals surface area contributed by atoms with Gasteiger partial charge in [0, 0.05) is 17.8 Å². The van der Waals surface area contributed by atoms with Gasteiger partial charge in [-0.25, -0.2) is 4.79 Å². The maximum atomic E-state index is 12.2. The number of anilines is 1. The molecule has 0 bridgehead atoms. The van der Waals surface area contributed by atoms with Crippen LogP contribution in [0.15, 0.2) is 72.8 Å². The van der Waals surface area contributed by atoms with E-state index in [1.54, 1.807) is 55.6 Å². The lowest BCUT2D eigenvalue weighted by atomic mass is 10.2. The van der Waals surface area contributed by atoms with Crippen LogP contribution in [0.4, 0.5) is 11.4 Å². The van der Waals surface area contributed by atoms with Crippen LogP contribution < -0.4 is 19.5 Å². The van der Waals surface area contributed by atoms with E-state index >= 15 is 0 Å². The molecule has 3 aromatic carbocycles. The molecule has 3 aromatic rings. The number of benzene rings is 3. The topological polar surface area (TPSA) is 99.9 Å². The first-order valence-electron chi connectivity index (χ1n) is 8.64. The molecule has 1 N–H and O–H groups in total. The lowest BCUT2D eigenvalue weighted by molar-refractivity contribution is -0.384. The molecular formula is C21H16N2O6S. The summed E-state index contributed by atoms with van der Waals surface area (Å²) >= 11 is 5.13. The summed E-state index contributed by atoms with van der Waals surface area (Å²) in [6.45, 7) is 0. The van der Waals surface area contributed by atoms with Gasteiger partial charge in [0.1, 0.15) is 17.2 Å².